The predicted molar refractivity (Wildman–Crippen MR) is 105 cm³/mol. The van der Waals surface area contributed by atoms with Crippen molar-refractivity contribution in [1.29, 1.82) is 0 Å². The molecule has 2 aromatic rings. The lowest BCUT2D eigenvalue weighted by Gasteiger charge is -2.33. The molecule has 7 heteroatoms. The van der Waals surface area contributed by atoms with Crippen LogP contribution in [0.4, 0.5) is 0 Å². The van der Waals surface area contributed by atoms with Gasteiger partial charge in [-0.3, -0.25) is 4.79 Å². The lowest BCUT2D eigenvalue weighted by atomic mass is 9.89. The summed E-state index contributed by atoms with van der Waals surface area (Å²) in [5.41, 5.74) is 1.05. The van der Waals surface area contributed by atoms with Crippen molar-refractivity contribution in [1.82, 2.24) is 9.21 Å². The van der Waals surface area contributed by atoms with Gasteiger partial charge in [-0.1, -0.05) is 48.5 Å². The summed E-state index contributed by atoms with van der Waals surface area (Å²) < 4.78 is 33.1. The Hall–Kier alpha value is -2.22. The molecule has 28 heavy (non-hydrogen) atoms. The second-order valence-corrected chi connectivity index (χ2v) is 9.16. The molecule has 6 nitrogen and oxygen atoms in total. The van der Waals surface area contributed by atoms with Crippen LogP contribution < -0.4 is 0 Å². The molecule has 2 heterocycles. The van der Waals surface area contributed by atoms with Crippen molar-refractivity contribution in [3.8, 4) is 0 Å². The van der Waals surface area contributed by atoms with E-state index in [0.717, 1.165) is 11.1 Å². The Bertz CT molecular complexity index is 977. The Kier molecular flexibility index (Phi) is 4.99. The number of nitrogens with zero attached hydrogens (tertiary/aromatic N) is 2. The maximum atomic E-state index is 13.2. The maximum Gasteiger partial charge on any atom is 0.244 e. The molecule has 148 valence electrons. The molecule has 0 bridgehead atoms. The van der Waals surface area contributed by atoms with Crippen LogP contribution in [-0.4, -0.2) is 56.9 Å². The molecular weight excluding hydrogens is 376 g/mol. The van der Waals surface area contributed by atoms with Gasteiger partial charge in [-0.2, -0.15) is 4.31 Å². The molecule has 0 aromatic heterocycles. The van der Waals surface area contributed by atoms with Gasteiger partial charge in [-0.25, -0.2) is 8.42 Å². The number of benzene rings is 2. The molecule has 1 amide bonds. The van der Waals surface area contributed by atoms with Crippen LogP contribution in [0.5, 0.6) is 0 Å². The van der Waals surface area contributed by atoms with Crippen LogP contribution in [0.3, 0.4) is 0 Å². The fraction of sp³-hybridized carbons (Fsp3) is 0.381. The minimum Gasteiger partial charge on any atom is -0.383 e. The summed E-state index contributed by atoms with van der Waals surface area (Å²) in [4.78, 5) is 15.0. The molecule has 0 aliphatic carbocycles. The number of fused-ring (bicyclic) bond motifs is 2. The summed E-state index contributed by atoms with van der Waals surface area (Å²) in [6.07, 6.45) is 0.914. The first-order chi connectivity index (χ1) is 13.5. The summed E-state index contributed by atoms with van der Waals surface area (Å²) in [5, 5.41) is 0. The van der Waals surface area contributed by atoms with E-state index in [1.54, 1.807) is 28.4 Å². The molecule has 4 rings (SSSR count). The Morgan fingerprint density at radius 3 is 2.57 bits per heavy atom. The van der Waals surface area contributed by atoms with Crippen LogP contribution in [0.25, 0.3) is 0 Å². The average Bonchev–Trinajstić information content (AvgIpc) is 3.21. The van der Waals surface area contributed by atoms with E-state index in [0.29, 0.717) is 37.4 Å². The summed E-state index contributed by atoms with van der Waals surface area (Å²) in [6.45, 7) is 1.50. The van der Waals surface area contributed by atoms with Crippen LogP contribution in [-0.2, 0) is 31.5 Å². The highest BCUT2D eigenvalue weighted by Crippen LogP contribution is 2.49. The standard InChI is InChI=1S/C21H24N2O4S/c1-27-14-13-23-21(18-9-5-6-10-19(18)28(23,25)26)11-12-22(16-21)20(24)15-17-7-3-2-4-8-17/h2-10H,11-16H2,1H3. The minimum atomic E-state index is -3.60. The molecule has 1 atom stereocenters. The first-order valence-corrected chi connectivity index (χ1v) is 10.9. The fourth-order valence-electron chi connectivity index (χ4n) is 4.38. The molecule has 1 fully saturated rings. The molecule has 0 saturated carbocycles. The van der Waals surface area contributed by atoms with Gasteiger partial charge in [0.1, 0.15) is 0 Å². The zero-order chi connectivity index (χ0) is 19.8. The van der Waals surface area contributed by atoms with E-state index in [1.165, 1.54) is 0 Å². The smallest absolute Gasteiger partial charge is 0.244 e. The number of rotatable bonds is 5. The molecular formula is C21H24N2O4S. The van der Waals surface area contributed by atoms with Crippen molar-refractivity contribution in [3.63, 3.8) is 0 Å². The first kappa shape index (κ1) is 19.1. The number of methoxy groups -OCH3 is 1. The van der Waals surface area contributed by atoms with Gasteiger partial charge < -0.3 is 9.64 Å². The second-order valence-electron chi connectivity index (χ2n) is 7.33. The summed E-state index contributed by atoms with van der Waals surface area (Å²) in [7, 11) is -2.04. The van der Waals surface area contributed by atoms with E-state index >= 15 is 0 Å². The second kappa shape index (κ2) is 7.31. The van der Waals surface area contributed by atoms with Gasteiger partial charge in [0, 0.05) is 26.7 Å². The monoisotopic (exact) mass is 400 g/mol. The Morgan fingerprint density at radius 2 is 1.82 bits per heavy atom. The van der Waals surface area contributed by atoms with Crippen LogP contribution in [0, 0.1) is 0 Å². The molecule has 2 aliphatic rings. The van der Waals surface area contributed by atoms with Gasteiger partial charge in [0.15, 0.2) is 0 Å². The Balaban J connectivity index is 1.65. The largest absolute Gasteiger partial charge is 0.383 e. The zero-order valence-corrected chi connectivity index (χ0v) is 16.7. The van der Waals surface area contributed by atoms with Crippen LogP contribution >= 0.6 is 0 Å². The van der Waals surface area contributed by atoms with Crippen molar-refractivity contribution in [2.75, 3.05) is 33.4 Å². The minimum absolute atomic E-state index is 0.0246. The molecule has 1 unspecified atom stereocenters. The topological polar surface area (TPSA) is 66.9 Å². The van der Waals surface area contributed by atoms with Crippen molar-refractivity contribution in [3.05, 3.63) is 65.7 Å². The number of amides is 1. The maximum absolute atomic E-state index is 13.2. The van der Waals surface area contributed by atoms with Crippen molar-refractivity contribution >= 4 is 15.9 Å². The molecule has 0 radical (unpaired) electrons. The van der Waals surface area contributed by atoms with E-state index in [9.17, 15) is 13.2 Å². The number of hydrogen-bond acceptors (Lipinski definition) is 4. The van der Waals surface area contributed by atoms with Crippen molar-refractivity contribution in [2.45, 2.75) is 23.3 Å². The highest BCUT2D eigenvalue weighted by Gasteiger charge is 2.57. The van der Waals surface area contributed by atoms with Gasteiger partial charge in [0.05, 0.1) is 23.5 Å². The Labute approximate surface area is 165 Å². The number of ether oxygens (including phenoxy) is 1. The number of hydrogen-bond donors (Lipinski definition) is 0. The van der Waals surface area contributed by atoms with E-state index in [1.807, 2.05) is 42.5 Å². The third-order valence-electron chi connectivity index (χ3n) is 5.73. The molecule has 0 N–H and O–H groups in total. The van der Waals surface area contributed by atoms with E-state index in [4.69, 9.17) is 4.74 Å². The highest BCUT2D eigenvalue weighted by molar-refractivity contribution is 7.89. The lowest BCUT2D eigenvalue weighted by Crippen LogP contribution is -2.48. The lowest BCUT2D eigenvalue weighted by molar-refractivity contribution is -0.129. The van der Waals surface area contributed by atoms with Crippen molar-refractivity contribution < 1.29 is 17.9 Å². The quantitative estimate of drug-likeness (QED) is 0.770. The van der Waals surface area contributed by atoms with Gasteiger partial charge in [0.25, 0.3) is 0 Å². The summed E-state index contributed by atoms with van der Waals surface area (Å²) >= 11 is 0. The predicted octanol–water partition coefficient (Wildman–Crippen LogP) is 2.01. The normalized spacial score (nSPS) is 23.2. The van der Waals surface area contributed by atoms with Crippen LogP contribution in [0.15, 0.2) is 59.5 Å². The van der Waals surface area contributed by atoms with Crippen LogP contribution in [0.2, 0.25) is 0 Å². The van der Waals surface area contributed by atoms with E-state index in [-0.39, 0.29) is 12.5 Å². The first-order valence-electron chi connectivity index (χ1n) is 9.42. The number of carbonyl (C=O) groups excluding carboxylic acids is 1. The van der Waals surface area contributed by atoms with Gasteiger partial charge in [0.2, 0.25) is 15.9 Å². The summed E-state index contributed by atoms with van der Waals surface area (Å²) in [5.74, 6) is 0.0246. The number of likely N-dealkylation sites (tertiary alicyclic amines) is 1. The number of sulfonamides is 1. The SMILES string of the molecule is COCCN1C2(CCN(C(=O)Cc3ccccc3)C2)c2ccccc2S1(=O)=O. The third-order valence-corrected chi connectivity index (χ3v) is 7.76. The van der Waals surface area contributed by atoms with E-state index in [2.05, 4.69) is 0 Å². The third kappa shape index (κ3) is 3.03. The Morgan fingerprint density at radius 1 is 1.11 bits per heavy atom. The molecule has 2 aromatic carbocycles. The fourth-order valence-corrected chi connectivity index (χ4v) is 6.43. The summed E-state index contributed by atoms with van der Waals surface area (Å²) in [6, 6.07) is 16.8. The average molecular weight is 401 g/mol. The van der Waals surface area contributed by atoms with Crippen LogP contribution in [0.1, 0.15) is 17.5 Å². The van der Waals surface area contributed by atoms with Gasteiger partial charge in [-0.05, 0) is 23.6 Å². The molecule has 1 spiro atoms. The van der Waals surface area contributed by atoms with Gasteiger partial charge >= 0.3 is 0 Å². The number of carbonyl (C=O) groups is 1. The molecule has 2 aliphatic heterocycles. The van der Waals surface area contributed by atoms with E-state index < -0.39 is 15.6 Å². The zero-order valence-electron chi connectivity index (χ0n) is 15.9. The highest BCUT2D eigenvalue weighted by atomic mass is 32.2. The van der Waals surface area contributed by atoms with Gasteiger partial charge in [-0.15, -0.1) is 0 Å². The molecule has 1 saturated heterocycles. The van der Waals surface area contributed by atoms with Crippen molar-refractivity contribution in [2.24, 2.45) is 0 Å².